The first-order chi connectivity index (χ1) is 9.08. The van der Waals surface area contributed by atoms with Crippen molar-refractivity contribution in [1.82, 2.24) is 4.90 Å². The standard InChI is InChI=1S/C15H22F2N2/c1-19(10-11-4-2-5-11)9-8-14(18)12-6-3-7-13(16)15(12)17/h3,6-7,11,14H,2,4-5,8-10,18H2,1H3. The second-order valence-electron chi connectivity index (χ2n) is 5.60. The Bertz CT molecular complexity index is 419. The third kappa shape index (κ3) is 3.74. The second-order valence-corrected chi connectivity index (χ2v) is 5.60. The van der Waals surface area contributed by atoms with E-state index in [0.29, 0.717) is 6.42 Å². The van der Waals surface area contributed by atoms with E-state index in [-0.39, 0.29) is 5.56 Å². The normalized spacial score (nSPS) is 17.5. The minimum atomic E-state index is -0.823. The van der Waals surface area contributed by atoms with Crippen LogP contribution in [0.1, 0.15) is 37.3 Å². The number of benzene rings is 1. The quantitative estimate of drug-likeness (QED) is 0.859. The Hall–Kier alpha value is -1.00. The molecule has 0 spiro atoms. The first-order valence-electron chi connectivity index (χ1n) is 6.96. The van der Waals surface area contributed by atoms with Crippen LogP contribution in [0, 0.1) is 17.6 Å². The van der Waals surface area contributed by atoms with Gasteiger partial charge in [0.2, 0.25) is 0 Å². The van der Waals surface area contributed by atoms with Crippen LogP contribution in [0.5, 0.6) is 0 Å². The van der Waals surface area contributed by atoms with Crippen molar-refractivity contribution in [3.8, 4) is 0 Å². The maximum atomic E-state index is 13.6. The molecule has 0 amide bonds. The zero-order valence-corrected chi connectivity index (χ0v) is 11.4. The lowest BCUT2D eigenvalue weighted by Gasteiger charge is -2.30. The average Bonchev–Trinajstić information content (AvgIpc) is 2.34. The zero-order valence-electron chi connectivity index (χ0n) is 11.4. The van der Waals surface area contributed by atoms with Crippen LogP contribution in [-0.4, -0.2) is 25.0 Å². The molecule has 2 N–H and O–H groups in total. The van der Waals surface area contributed by atoms with Crippen molar-refractivity contribution in [3.05, 3.63) is 35.4 Å². The molecule has 0 saturated heterocycles. The molecule has 0 bridgehead atoms. The molecule has 0 radical (unpaired) electrons. The summed E-state index contributed by atoms with van der Waals surface area (Å²) < 4.78 is 26.7. The Balaban J connectivity index is 1.82. The van der Waals surface area contributed by atoms with Gasteiger partial charge in [-0.2, -0.15) is 0 Å². The minimum Gasteiger partial charge on any atom is -0.324 e. The Labute approximate surface area is 113 Å². The summed E-state index contributed by atoms with van der Waals surface area (Å²) in [5.74, 6) is -0.820. The van der Waals surface area contributed by atoms with E-state index < -0.39 is 17.7 Å². The molecule has 106 valence electrons. The van der Waals surface area contributed by atoms with Crippen LogP contribution in [0.2, 0.25) is 0 Å². The maximum absolute atomic E-state index is 13.6. The van der Waals surface area contributed by atoms with E-state index in [2.05, 4.69) is 11.9 Å². The minimum absolute atomic E-state index is 0.275. The van der Waals surface area contributed by atoms with Crippen LogP contribution in [0.4, 0.5) is 8.78 Å². The molecule has 1 aliphatic rings. The van der Waals surface area contributed by atoms with Crippen molar-refractivity contribution >= 4 is 0 Å². The lowest BCUT2D eigenvalue weighted by atomic mass is 9.85. The molecule has 1 unspecified atom stereocenters. The monoisotopic (exact) mass is 268 g/mol. The number of nitrogens with zero attached hydrogens (tertiary/aromatic N) is 1. The highest BCUT2D eigenvalue weighted by Crippen LogP contribution is 2.27. The van der Waals surface area contributed by atoms with Gasteiger partial charge < -0.3 is 10.6 Å². The van der Waals surface area contributed by atoms with Gasteiger partial charge in [-0.25, -0.2) is 8.78 Å². The molecule has 1 atom stereocenters. The van der Waals surface area contributed by atoms with Gasteiger partial charge in [0.05, 0.1) is 0 Å². The van der Waals surface area contributed by atoms with Gasteiger partial charge in [0.1, 0.15) is 0 Å². The number of nitrogens with two attached hydrogens (primary N) is 1. The Morgan fingerprint density at radius 2 is 2.11 bits per heavy atom. The topological polar surface area (TPSA) is 29.3 Å². The molecule has 1 aromatic rings. The van der Waals surface area contributed by atoms with Gasteiger partial charge in [-0.3, -0.25) is 0 Å². The smallest absolute Gasteiger partial charge is 0.163 e. The van der Waals surface area contributed by atoms with E-state index in [1.807, 2.05) is 0 Å². The molecule has 4 heteroatoms. The van der Waals surface area contributed by atoms with Crippen molar-refractivity contribution in [2.45, 2.75) is 31.7 Å². The van der Waals surface area contributed by atoms with E-state index in [4.69, 9.17) is 5.73 Å². The van der Waals surface area contributed by atoms with Crippen LogP contribution >= 0.6 is 0 Å². The Morgan fingerprint density at radius 1 is 1.37 bits per heavy atom. The first-order valence-corrected chi connectivity index (χ1v) is 6.96. The SMILES string of the molecule is CN(CCC(N)c1cccc(F)c1F)CC1CCC1. The average molecular weight is 268 g/mol. The van der Waals surface area contributed by atoms with E-state index >= 15 is 0 Å². The third-order valence-corrected chi connectivity index (χ3v) is 4.00. The maximum Gasteiger partial charge on any atom is 0.163 e. The number of rotatable bonds is 6. The summed E-state index contributed by atoms with van der Waals surface area (Å²) >= 11 is 0. The molecule has 1 aromatic carbocycles. The number of halogens is 2. The predicted molar refractivity (Wildman–Crippen MR) is 72.7 cm³/mol. The lowest BCUT2D eigenvalue weighted by molar-refractivity contribution is 0.201. The van der Waals surface area contributed by atoms with Crippen LogP contribution in [0.15, 0.2) is 18.2 Å². The van der Waals surface area contributed by atoms with Crippen molar-refractivity contribution in [1.29, 1.82) is 0 Å². The summed E-state index contributed by atoms with van der Waals surface area (Å²) in [5.41, 5.74) is 6.23. The molecule has 0 heterocycles. The van der Waals surface area contributed by atoms with Crippen molar-refractivity contribution in [2.75, 3.05) is 20.1 Å². The van der Waals surface area contributed by atoms with Crippen LogP contribution < -0.4 is 5.73 Å². The molecular formula is C15H22F2N2. The number of hydrogen-bond acceptors (Lipinski definition) is 2. The molecule has 0 aliphatic heterocycles. The molecule has 1 saturated carbocycles. The Morgan fingerprint density at radius 3 is 2.74 bits per heavy atom. The van der Waals surface area contributed by atoms with Crippen LogP contribution in [0.3, 0.4) is 0 Å². The van der Waals surface area contributed by atoms with E-state index in [1.54, 1.807) is 6.07 Å². The van der Waals surface area contributed by atoms with Gasteiger partial charge in [-0.1, -0.05) is 18.6 Å². The predicted octanol–water partition coefficient (Wildman–Crippen LogP) is 3.09. The van der Waals surface area contributed by atoms with Gasteiger partial charge in [0.15, 0.2) is 11.6 Å². The Kier molecular flexibility index (Phi) is 4.88. The van der Waals surface area contributed by atoms with E-state index in [1.165, 1.54) is 25.3 Å². The highest BCUT2D eigenvalue weighted by atomic mass is 19.2. The molecule has 2 nitrogen and oxygen atoms in total. The first kappa shape index (κ1) is 14.4. The molecular weight excluding hydrogens is 246 g/mol. The number of hydrogen-bond donors (Lipinski definition) is 1. The second kappa shape index (κ2) is 6.44. The largest absolute Gasteiger partial charge is 0.324 e. The highest BCUT2D eigenvalue weighted by molar-refractivity contribution is 5.22. The summed E-state index contributed by atoms with van der Waals surface area (Å²) in [4.78, 5) is 2.24. The molecule has 1 aliphatic carbocycles. The van der Waals surface area contributed by atoms with Crippen LogP contribution in [-0.2, 0) is 0 Å². The zero-order chi connectivity index (χ0) is 13.8. The molecule has 19 heavy (non-hydrogen) atoms. The summed E-state index contributed by atoms with van der Waals surface area (Å²) in [6.07, 6.45) is 4.61. The van der Waals surface area contributed by atoms with Gasteiger partial charge in [-0.15, -0.1) is 0 Å². The molecule has 0 aromatic heterocycles. The van der Waals surface area contributed by atoms with Crippen molar-refractivity contribution in [2.24, 2.45) is 11.7 Å². The third-order valence-electron chi connectivity index (χ3n) is 4.00. The van der Waals surface area contributed by atoms with E-state index in [9.17, 15) is 8.78 Å². The summed E-state index contributed by atoms with van der Waals surface area (Å²) in [6, 6.07) is 3.74. The fourth-order valence-corrected chi connectivity index (χ4v) is 2.53. The molecule has 1 fully saturated rings. The summed E-state index contributed by atoms with van der Waals surface area (Å²) in [5, 5.41) is 0. The summed E-state index contributed by atoms with van der Waals surface area (Å²) in [7, 11) is 2.06. The van der Waals surface area contributed by atoms with Crippen molar-refractivity contribution < 1.29 is 8.78 Å². The molecule has 2 rings (SSSR count). The van der Waals surface area contributed by atoms with Crippen molar-refractivity contribution in [3.63, 3.8) is 0 Å². The summed E-state index contributed by atoms with van der Waals surface area (Å²) in [6.45, 7) is 1.89. The van der Waals surface area contributed by atoms with Gasteiger partial charge in [0, 0.05) is 18.2 Å². The highest BCUT2D eigenvalue weighted by Gasteiger charge is 2.20. The van der Waals surface area contributed by atoms with Crippen LogP contribution in [0.25, 0.3) is 0 Å². The van der Waals surface area contributed by atoms with E-state index in [0.717, 1.165) is 25.1 Å². The fraction of sp³-hybridized carbons (Fsp3) is 0.600. The lowest BCUT2D eigenvalue weighted by Crippen LogP contribution is -2.31. The van der Waals surface area contributed by atoms with Gasteiger partial charge in [0.25, 0.3) is 0 Å². The van der Waals surface area contributed by atoms with Gasteiger partial charge in [-0.05, 0) is 44.8 Å². The fourth-order valence-electron chi connectivity index (χ4n) is 2.53. The van der Waals surface area contributed by atoms with Gasteiger partial charge >= 0.3 is 0 Å².